The summed E-state index contributed by atoms with van der Waals surface area (Å²) in [5, 5.41) is 3.15. The van der Waals surface area contributed by atoms with Crippen LogP contribution in [0.1, 0.15) is 5.56 Å². The number of rotatable bonds is 3. The molecular formula is C19H4BrF10NO3. The van der Waals surface area contributed by atoms with Crippen molar-refractivity contribution in [3.63, 3.8) is 0 Å². The maximum Gasteiger partial charge on any atom is 0.389 e. The van der Waals surface area contributed by atoms with Crippen LogP contribution in [0.25, 0.3) is 0 Å². The summed E-state index contributed by atoms with van der Waals surface area (Å²) >= 11 is 3.10. The molecule has 2 aromatic carbocycles. The van der Waals surface area contributed by atoms with Crippen LogP contribution in [0.4, 0.5) is 43.9 Å². The number of alkyl halides is 1. The SMILES string of the molecule is FC1=C(F)C2(ON=C(c3ccc(Br)cc3)O2)C(F)=C(F)C1(F)Oc1c(F)c(F)c(F)c(F)c1F. The van der Waals surface area contributed by atoms with Crippen molar-refractivity contribution in [1.82, 2.24) is 0 Å². The van der Waals surface area contributed by atoms with Crippen LogP contribution in [0, 0.1) is 29.1 Å². The molecule has 34 heavy (non-hydrogen) atoms. The highest BCUT2D eigenvalue weighted by Gasteiger charge is 2.66. The second kappa shape index (κ2) is 7.92. The standard InChI is InChI=1S/C19H4BrF10NO3/c20-6-3-1-5(2-4-6)17-31-34-19(33-17)15(28)13(26)18(30,14(27)16(19)29)32-12-10(24)8(22)7(21)9(23)11(12)25/h1-4H. The van der Waals surface area contributed by atoms with Gasteiger partial charge in [-0.2, -0.15) is 22.0 Å². The first-order valence-electron chi connectivity index (χ1n) is 8.58. The van der Waals surface area contributed by atoms with Gasteiger partial charge in [-0.3, -0.25) is 0 Å². The predicted octanol–water partition coefficient (Wildman–Crippen LogP) is 6.61. The fraction of sp³-hybridized carbons (Fsp3) is 0.105. The van der Waals surface area contributed by atoms with E-state index in [9.17, 15) is 43.9 Å². The van der Waals surface area contributed by atoms with Crippen molar-refractivity contribution >= 4 is 21.8 Å². The summed E-state index contributed by atoms with van der Waals surface area (Å²) < 4.78 is 150. The molecule has 0 saturated carbocycles. The van der Waals surface area contributed by atoms with Gasteiger partial charge >= 0.3 is 11.6 Å². The van der Waals surface area contributed by atoms with Gasteiger partial charge in [0.1, 0.15) is 0 Å². The zero-order valence-electron chi connectivity index (χ0n) is 15.6. The molecule has 180 valence electrons. The predicted molar refractivity (Wildman–Crippen MR) is 94.8 cm³/mol. The van der Waals surface area contributed by atoms with Gasteiger partial charge in [-0.15, -0.1) is 0 Å². The van der Waals surface area contributed by atoms with Crippen molar-refractivity contribution in [2.45, 2.75) is 11.6 Å². The van der Waals surface area contributed by atoms with Gasteiger partial charge in [0.15, 0.2) is 0 Å². The van der Waals surface area contributed by atoms with Crippen molar-refractivity contribution in [3.05, 3.63) is 86.7 Å². The van der Waals surface area contributed by atoms with Crippen LogP contribution in [0.15, 0.2) is 57.2 Å². The molecule has 0 amide bonds. The first-order chi connectivity index (χ1) is 15.8. The third-order valence-corrected chi connectivity index (χ3v) is 5.06. The van der Waals surface area contributed by atoms with E-state index in [1.807, 2.05) is 0 Å². The monoisotopic (exact) mass is 563 g/mol. The number of hydrogen-bond donors (Lipinski definition) is 0. The van der Waals surface area contributed by atoms with E-state index in [2.05, 4.69) is 30.7 Å². The van der Waals surface area contributed by atoms with Crippen LogP contribution in [0.2, 0.25) is 0 Å². The molecule has 0 radical (unpaired) electrons. The van der Waals surface area contributed by atoms with Crippen molar-refractivity contribution in [2.75, 3.05) is 0 Å². The lowest BCUT2D eigenvalue weighted by molar-refractivity contribution is -0.149. The molecule has 0 aromatic heterocycles. The molecule has 0 bridgehead atoms. The third kappa shape index (κ3) is 3.24. The van der Waals surface area contributed by atoms with Gasteiger partial charge < -0.3 is 14.3 Å². The molecule has 2 aromatic rings. The van der Waals surface area contributed by atoms with Crippen molar-refractivity contribution in [2.24, 2.45) is 5.16 Å². The largest absolute Gasteiger partial charge is 0.440 e. The van der Waals surface area contributed by atoms with Gasteiger partial charge in [0, 0.05) is 10.0 Å². The molecule has 0 fully saturated rings. The summed E-state index contributed by atoms with van der Waals surface area (Å²) in [5.41, 5.74) is -0.0174. The van der Waals surface area contributed by atoms with E-state index < -0.39 is 75.7 Å². The van der Waals surface area contributed by atoms with Crippen molar-refractivity contribution < 1.29 is 58.2 Å². The van der Waals surface area contributed by atoms with E-state index in [1.54, 1.807) is 0 Å². The zero-order chi connectivity index (χ0) is 25.2. The Morgan fingerprint density at radius 1 is 0.706 bits per heavy atom. The van der Waals surface area contributed by atoms with Crippen LogP contribution in [-0.2, 0) is 9.57 Å². The van der Waals surface area contributed by atoms with Gasteiger partial charge in [-0.25, -0.2) is 22.0 Å². The van der Waals surface area contributed by atoms with Gasteiger partial charge in [0.05, 0.1) is 0 Å². The van der Waals surface area contributed by atoms with Gasteiger partial charge in [-0.05, 0) is 29.4 Å². The normalized spacial score (nSPS) is 24.4. The Kier molecular flexibility index (Phi) is 5.57. The summed E-state index contributed by atoms with van der Waals surface area (Å²) in [5.74, 6) is -37.5. The quantitative estimate of drug-likeness (QED) is 0.240. The van der Waals surface area contributed by atoms with Crippen LogP contribution in [-0.4, -0.2) is 17.5 Å². The van der Waals surface area contributed by atoms with Crippen molar-refractivity contribution in [3.8, 4) is 5.75 Å². The second-order valence-corrected chi connectivity index (χ2v) is 7.48. The molecule has 1 spiro atoms. The van der Waals surface area contributed by atoms with Crippen LogP contribution >= 0.6 is 15.9 Å². The van der Waals surface area contributed by atoms with Gasteiger partial charge in [0.25, 0.3) is 5.90 Å². The lowest BCUT2D eigenvalue weighted by atomic mass is 10.0. The Hall–Kier alpha value is -3.23. The summed E-state index contributed by atoms with van der Waals surface area (Å²) in [7, 11) is 0. The highest BCUT2D eigenvalue weighted by Crippen LogP contribution is 2.53. The molecule has 0 saturated heterocycles. The Labute approximate surface area is 189 Å². The lowest BCUT2D eigenvalue weighted by Gasteiger charge is -2.32. The Morgan fingerprint density at radius 2 is 1.18 bits per heavy atom. The van der Waals surface area contributed by atoms with E-state index in [0.717, 1.165) is 0 Å². The van der Waals surface area contributed by atoms with E-state index in [-0.39, 0.29) is 5.56 Å². The Balaban J connectivity index is 1.77. The summed E-state index contributed by atoms with van der Waals surface area (Å²) in [4.78, 5) is 4.36. The molecule has 1 heterocycles. The fourth-order valence-corrected chi connectivity index (χ4v) is 3.09. The second-order valence-electron chi connectivity index (χ2n) is 6.57. The maximum absolute atomic E-state index is 15.0. The lowest BCUT2D eigenvalue weighted by Crippen LogP contribution is -2.46. The Bertz CT molecular complexity index is 1250. The zero-order valence-corrected chi connectivity index (χ0v) is 17.2. The van der Waals surface area contributed by atoms with Gasteiger partial charge in [-0.1, -0.05) is 15.9 Å². The van der Waals surface area contributed by atoms with Crippen molar-refractivity contribution in [1.29, 1.82) is 0 Å². The molecule has 4 rings (SSSR count). The van der Waals surface area contributed by atoms with Gasteiger partial charge in [0.2, 0.25) is 58.1 Å². The number of ether oxygens (including phenoxy) is 2. The molecular weight excluding hydrogens is 560 g/mol. The Morgan fingerprint density at radius 3 is 1.68 bits per heavy atom. The van der Waals surface area contributed by atoms with Crippen LogP contribution in [0.5, 0.6) is 5.75 Å². The molecule has 1 aliphatic carbocycles. The highest BCUT2D eigenvalue weighted by atomic mass is 79.9. The third-order valence-electron chi connectivity index (χ3n) is 4.53. The molecule has 1 aliphatic heterocycles. The van der Waals surface area contributed by atoms with E-state index in [0.29, 0.717) is 4.47 Å². The number of hydrogen-bond acceptors (Lipinski definition) is 4. The molecule has 0 atom stereocenters. The highest BCUT2D eigenvalue weighted by molar-refractivity contribution is 9.10. The summed E-state index contributed by atoms with van der Waals surface area (Å²) in [6.45, 7) is 0. The van der Waals surface area contributed by atoms with Crippen LogP contribution in [0.3, 0.4) is 0 Å². The first-order valence-corrected chi connectivity index (χ1v) is 9.37. The summed E-state index contributed by atoms with van der Waals surface area (Å²) in [6, 6.07) is 5.37. The van der Waals surface area contributed by atoms with Crippen LogP contribution < -0.4 is 4.74 Å². The molecule has 2 aliphatic rings. The number of halogens is 11. The molecule has 15 heteroatoms. The average Bonchev–Trinajstić information content (AvgIpc) is 3.28. The molecule has 0 unspecified atom stereocenters. The minimum Gasteiger partial charge on any atom is -0.440 e. The smallest absolute Gasteiger partial charge is 0.389 e. The number of oxime groups is 1. The molecule has 0 N–H and O–H groups in total. The maximum atomic E-state index is 15.0. The summed E-state index contributed by atoms with van der Waals surface area (Å²) in [6.07, 6.45) is 0. The van der Waals surface area contributed by atoms with E-state index >= 15 is 0 Å². The fourth-order valence-electron chi connectivity index (χ4n) is 2.82. The van der Waals surface area contributed by atoms with E-state index in [4.69, 9.17) is 4.74 Å². The minimum atomic E-state index is -5.15. The topological polar surface area (TPSA) is 40.0 Å². The first kappa shape index (κ1) is 23.9. The molecule has 4 nitrogen and oxygen atoms in total. The number of benzene rings is 2. The van der Waals surface area contributed by atoms with E-state index in [1.165, 1.54) is 24.3 Å². The average molecular weight is 564 g/mol. The minimum absolute atomic E-state index is 0.0174. The number of nitrogens with zero attached hydrogens (tertiary/aromatic N) is 1.